The molecular weight excluding hydrogens is 538 g/mol. The Kier molecular flexibility index (Phi) is 8.97. The molecule has 1 heterocycles. The number of carbonyl (C=O) groups excluding carboxylic acids is 1. The molecule has 0 aliphatic carbocycles. The van der Waals surface area contributed by atoms with Crippen molar-refractivity contribution in [2.24, 2.45) is 4.99 Å². The summed E-state index contributed by atoms with van der Waals surface area (Å²) in [5, 5.41) is 18.4. The van der Waals surface area contributed by atoms with Gasteiger partial charge in [-0.05, 0) is 36.4 Å². The fourth-order valence-electron chi connectivity index (χ4n) is 3.91. The van der Waals surface area contributed by atoms with Crippen LogP contribution in [0.15, 0.2) is 70.6 Å². The summed E-state index contributed by atoms with van der Waals surface area (Å²) < 4.78 is 46.2. The minimum Gasteiger partial charge on any atom is -0.497 e. The van der Waals surface area contributed by atoms with Crippen LogP contribution < -0.4 is 34.9 Å². The van der Waals surface area contributed by atoms with E-state index in [4.69, 9.17) is 14.2 Å². The Morgan fingerprint density at radius 1 is 1.07 bits per heavy atom. The van der Waals surface area contributed by atoms with Crippen LogP contribution in [0.4, 0.5) is 22.7 Å². The zero-order valence-electron chi connectivity index (χ0n) is 22.2. The van der Waals surface area contributed by atoms with Gasteiger partial charge in [0.2, 0.25) is 5.91 Å². The van der Waals surface area contributed by atoms with E-state index in [1.807, 2.05) is 12.1 Å². The molecule has 0 radical (unpaired) electrons. The van der Waals surface area contributed by atoms with Gasteiger partial charge in [-0.25, -0.2) is 13.4 Å². The van der Waals surface area contributed by atoms with E-state index in [-0.39, 0.29) is 29.9 Å². The standard InChI is InChI=1S/C27H31N5O7S/c1-17(34)28-18-9-11-20(12-10-18)40(35,36)32-27-26(29-21-7-4-5-8-22(21)30-27)31-23-15-19(37-2)16-24(38-3)25(23)39-14-6-13-33/h4-5,7-12,15-16,26,29,31,33H,6,13-14H2,1-3H3,(H,28,34)(H,30,32). The topological polar surface area (TPSA) is 160 Å². The number of aliphatic hydroxyl groups is 1. The van der Waals surface area contributed by atoms with Crippen LogP contribution in [-0.4, -0.2) is 58.9 Å². The highest BCUT2D eigenvalue weighted by Gasteiger charge is 2.29. The van der Waals surface area contributed by atoms with Crippen LogP contribution in [0.2, 0.25) is 0 Å². The van der Waals surface area contributed by atoms with Gasteiger partial charge in [0, 0.05) is 37.8 Å². The maximum atomic E-state index is 13.4. The van der Waals surface area contributed by atoms with Gasteiger partial charge in [-0.3, -0.25) is 9.52 Å². The molecule has 0 bridgehead atoms. The van der Waals surface area contributed by atoms with Crippen LogP contribution in [0.5, 0.6) is 17.2 Å². The van der Waals surface area contributed by atoms with Crippen molar-refractivity contribution in [3.63, 3.8) is 0 Å². The van der Waals surface area contributed by atoms with E-state index in [0.717, 1.165) is 0 Å². The summed E-state index contributed by atoms with van der Waals surface area (Å²) in [6.07, 6.45) is -0.447. The van der Waals surface area contributed by atoms with E-state index < -0.39 is 16.2 Å². The molecule has 0 saturated heterocycles. The summed E-state index contributed by atoms with van der Waals surface area (Å²) in [7, 11) is -1.07. The van der Waals surface area contributed by atoms with Gasteiger partial charge in [0.25, 0.3) is 10.0 Å². The van der Waals surface area contributed by atoms with Gasteiger partial charge in [0.05, 0.1) is 42.8 Å². The van der Waals surface area contributed by atoms with Gasteiger partial charge in [-0.2, -0.15) is 0 Å². The van der Waals surface area contributed by atoms with E-state index in [9.17, 15) is 18.3 Å². The summed E-state index contributed by atoms with van der Waals surface area (Å²) in [5.74, 6) is 1.02. The van der Waals surface area contributed by atoms with Crippen molar-refractivity contribution in [1.82, 2.24) is 4.72 Å². The minimum absolute atomic E-state index is 0.0158. The van der Waals surface area contributed by atoms with E-state index in [0.29, 0.717) is 46.4 Å². The third-order valence-electron chi connectivity index (χ3n) is 5.77. The maximum Gasteiger partial charge on any atom is 0.262 e. The minimum atomic E-state index is -4.07. The maximum absolute atomic E-state index is 13.4. The number of benzene rings is 3. The molecule has 1 unspecified atom stereocenters. The Morgan fingerprint density at radius 3 is 2.50 bits per heavy atom. The lowest BCUT2D eigenvalue weighted by Crippen LogP contribution is -2.48. The molecule has 1 aliphatic rings. The van der Waals surface area contributed by atoms with Crippen LogP contribution in [-0.2, 0) is 14.8 Å². The molecule has 1 amide bonds. The van der Waals surface area contributed by atoms with Crippen molar-refractivity contribution < 1.29 is 32.5 Å². The summed E-state index contributed by atoms with van der Waals surface area (Å²) in [5.41, 5.74) is 2.14. The first-order valence-corrected chi connectivity index (χ1v) is 13.8. The molecule has 0 spiro atoms. The number of hydrogen-bond acceptors (Lipinski definition) is 10. The number of nitrogens with one attached hydrogen (secondary N) is 4. The lowest BCUT2D eigenvalue weighted by molar-refractivity contribution is -0.114. The number of amides is 1. The Balaban J connectivity index is 1.69. The van der Waals surface area contributed by atoms with Gasteiger partial charge in [-0.1, -0.05) is 12.1 Å². The largest absolute Gasteiger partial charge is 0.497 e. The van der Waals surface area contributed by atoms with Crippen molar-refractivity contribution in [3.05, 3.63) is 60.7 Å². The van der Waals surface area contributed by atoms with Crippen LogP contribution in [0.25, 0.3) is 0 Å². The zero-order valence-corrected chi connectivity index (χ0v) is 23.0. The number of carbonyl (C=O) groups is 1. The lowest BCUT2D eigenvalue weighted by Gasteiger charge is -2.30. The third-order valence-corrected chi connectivity index (χ3v) is 7.15. The van der Waals surface area contributed by atoms with Gasteiger partial charge in [0.1, 0.15) is 5.75 Å². The normalized spacial score (nSPS) is 14.2. The van der Waals surface area contributed by atoms with E-state index in [1.165, 1.54) is 45.4 Å². The highest BCUT2D eigenvalue weighted by molar-refractivity contribution is 7.90. The molecule has 3 aromatic carbocycles. The number of hydrogen-bond donors (Lipinski definition) is 5. The van der Waals surface area contributed by atoms with E-state index in [2.05, 4.69) is 25.7 Å². The Bertz CT molecular complexity index is 1490. The molecule has 5 N–H and O–H groups in total. The van der Waals surface area contributed by atoms with Crippen molar-refractivity contribution in [2.75, 3.05) is 43.4 Å². The molecule has 4 rings (SSSR count). The SMILES string of the molecule is COc1cc(NC2Nc3ccccc3N=C2NS(=O)(=O)c2ccc(NC(C)=O)cc2)c(OCCCO)c(OC)c1. The van der Waals surface area contributed by atoms with Gasteiger partial charge in [0.15, 0.2) is 23.5 Å². The molecule has 40 heavy (non-hydrogen) atoms. The summed E-state index contributed by atoms with van der Waals surface area (Å²) >= 11 is 0. The van der Waals surface area contributed by atoms with Crippen LogP contribution in [0, 0.1) is 0 Å². The van der Waals surface area contributed by atoms with Crippen molar-refractivity contribution >= 4 is 44.5 Å². The molecule has 12 nitrogen and oxygen atoms in total. The predicted octanol–water partition coefficient (Wildman–Crippen LogP) is 3.30. The number of aliphatic hydroxyl groups excluding tert-OH is 1. The van der Waals surface area contributed by atoms with Crippen molar-refractivity contribution in [2.45, 2.75) is 24.4 Å². The summed E-state index contributed by atoms with van der Waals surface area (Å²) in [6, 6.07) is 16.3. The van der Waals surface area contributed by atoms with Gasteiger partial charge < -0.3 is 35.3 Å². The first-order valence-electron chi connectivity index (χ1n) is 12.3. The van der Waals surface area contributed by atoms with Gasteiger partial charge >= 0.3 is 0 Å². The predicted molar refractivity (Wildman–Crippen MR) is 152 cm³/mol. The molecule has 0 aromatic heterocycles. The molecule has 1 aliphatic heterocycles. The second-order valence-electron chi connectivity index (χ2n) is 8.68. The molecule has 1 atom stereocenters. The first kappa shape index (κ1) is 28.5. The number of nitrogens with zero attached hydrogens (tertiary/aromatic N) is 1. The quantitative estimate of drug-likeness (QED) is 0.218. The highest BCUT2D eigenvalue weighted by atomic mass is 32.2. The Labute approximate surface area is 232 Å². The third kappa shape index (κ3) is 6.74. The average molecular weight is 570 g/mol. The summed E-state index contributed by atoms with van der Waals surface area (Å²) in [6.45, 7) is 1.54. The van der Waals surface area contributed by atoms with Crippen LogP contribution in [0.3, 0.4) is 0 Å². The Morgan fingerprint density at radius 2 is 1.82 bits per heavy atom. The second kappa shape index (κ2) is 12.6. The fourth-order valence-corrected chi connectivity index (χ4v) is 4.96. The number of amidine groups is 1. The molecule has 0 fully saturated rings. The van der Waals surface area contributed by atoms with Gasteiger partial charge in [-0.15, -0.1) is 0 Å². The van der Waals surface area contributed by atoms with Crippen LogP contribution in [0.1, 0.15) is 13.3 Å². The average Bonchev–Trinajstić information content (AvgIpc) is 2.93. The first-order chi connectivity index (χ1) is 19.2. The summed E-state index contributed by atoms with van der Waals surface area (Å²) in [4.78, 5) is 15.9. The van der Waals surface area contributed by atoms with Crippen molar-refractivity contribution in [3.8, 4) is 17.2 Å². The fraction of sp³-hybridized carbons (Fsp3) is 0.259. The number of anilines is 3. The zero-order chi connectivity index (χ0) is 28.7. The second-order valence-corrected chi connectivity index (χ2v) is 10.4. The number of fused-ring (bicyclic) bond motifs is 1. The molecule has 0 saturated carbocycles. The van der Waals surface area contributed by atoms with E-state index >= 15 is 0 Å². The number of aliphatic imine (C=N–C) groups is 1. The highest BCUT2D eigenvalue weighted by Crippen LogP contribution is 2.41. The molecular formula is C27H31N5O7S. The number of para-hydroxylation sites is 2. The Hall–Kier alpha value is -4.49. The monoisotopic (exact) mass is 569 g/mol. The van der Waals surface area contributed by atoms with Crippen molar-refractivity contribution in [1.29, 1.82) is 0 Å². The lowest BCUT2D eigenvalue weighted by atomic mass is 10.2. The number of rotatable bonds is 11. The molecule has 3 aromatic rings. The number of ether oxygens (including phenoxy) is 3. The van der Waals surface area contributed by atoms with E-state index in [1.54, 1.807) is 24.3 Å². The number of sulfonamides is 1. The molecule has 13 heteroatoms. The molecule has 212 valence electrons. The number of methoxy groups -OCH3 is 2. The smallest absolute Gasteiger partial charge is 0.262 e. The van der Waals surface area contributed by atoms with Crippen LogP contribution >= 0.6 is 0 Å².